The molecule has 1 aliphatic rings. The number of rotatable bonds is 7. The Morgan fingerprint density at radius 2 is 2.32 bits per heavy atom. The third-order valence-electron chi connectivity index (χ3n) is 4.87. The number of hydrogen-bond acceptors (Lipinski definition) is 8. The van der Waals surface area contributed by atoms with Crippen LogP contribution in [-0.4, -0.2) is 61.5 Å². The van der Waals surface area contributed by atoms with Crippen molar-refractivity contribution in [3.05, 3.63) is 29.3 Å². The molecule has 1 aliphatic heterocycles. The number of carbonyl (C=O) groups excluding carboxylic acids is 1. The topological polar surface area (TPSA) is 86.0 Å². The van der Waals surface area contributed by atoms with Gasteiger partial charge in [0.2, 0.25) is 11.1 Å². The van der Waals surface area contributed by atoms with Gasteiger partial charge in [-0.2, -0.15) is 0 Å². The fraction of sp³-hybridized carbons (Fsp3) is 0.500. The summed E-state index contributed by atoms with van der Waals surface area (Å²) in [5.74, 6) is 0.292. The Hall–Kier alpha value is -2.04. The molecule has 1 saturated heterocycles. The maximum absolute atomic E-state index is 12.7. The van der Waals surface area contributed by atoms with Crippen LogP contribution in [0.2, 0.25) is 0 Å². The molecule has 0 saturated carbocycles. The van der Waals surface area contributed by atoms with Gasteiger partial charge < -0.3 is 9.64 Å². The summed E-state index contributed by atoms with van der Waals surface area (Å²) >= 11 is 2.98. The van der Waals surface area contributed by atoms with E-state index in [-0.39, 0.29) is 23.8 Å². The van der Waals surface area contributed by atoms with Crippen molar-refractivity contribution in [2.45, 2.75) is 43.6 Å². The summed E-state index contributed by atoms with van der Waals surface area (Å²) in [4.78, 5) is 19.1. The molecule has 4 rings (SSSR count). The first-order valence-electron chi connectivity index (χ1n) is 9.23. The normalized spacial score (nSPS) is 17.9. The lowest BCUT2D eigenvalue weighted by atomic mass is 10.2. The Balaban J connectivity index is 1.36. The highest BCUT2D eigenvalue weighted by atomic mass is 32.2. The Bertz CT molecular complexity index is 919. The predicted octanol–water partition coefficient (Wildman–Crippen LogP) is 2.77. The van der Waals surface area contributed by atoms with Crippen molar-refractivity contribution >= 4 is 39.2 Å². The molecule has 148 valence electrons. The Morgan fingerprint density at radius 3 is 3.11 bits per heavy atom. The average molecular weight is 419 g/mol. The minimum Gasteiger partial charge on any atom is -0.376 e. The molecule has 0 unspecified atom stereocenters. The molecule has 10 heteroatoms. The highest BCUT2D eigenvalue weighted by molar-refractivity contribution is 7.99. The van der Waals surface area contributed by atoms with Gasteiger partial charge in [-0.05, 0) is 42.3 Å². The van der Waals surface area contributed by atoms with Crippen molar-refractivity contribution in [1.82, 2.24) is 30.1 Å². The van der Waals surface area contributed by atoms with E-state index in [1.54, 1.807) is 20.9 Å². The molecule has 28 heavy (non-hydrogen) atoms. The molecule has 3 aromatic rings. The second-order valence-corrected chi connectivity index (χ2v) is 8.77. The second-order valence-electron chi connectivity index (χ2n) is 6.77. The second kappa shape index (κ2) is 8.54. The van der Waals surface area contributed by atoms with Gasteiger partial charge in [-0.3, -0.25) is 4.79 Å². The number of ether oxygens (including phenoxy) is 1. The van der Waals surface area contributed by atoms with Crippen LogP contribution in [0.3, 0.4) is 0 Å². The van der Waals surface area contributed by atoms with E-state index in [1.165, 1.54) is 11.8 Å². The van der Waals surface area contributed by atoms with Gasteiger partial charge in [-0.25, -0.2) is 9.67 Å². The van der Waals surface area contributed by atoms with Crippen LogP contribution in [0.4, 0.5) is 0 Å². The first-order chi connectivity index (χ1) is 13.6. The van der Waals surface area contributed by atoms with Gasteiger partial charge in [0.15, 0.2) is 0 Å². The molecule has 0 bridgehead atoms. The van der Waals surface area contributed by atoms with Gasteiger partial charge in [0.1, 0.15) is 5.01 Å². The van der Waals surface area contributed by atoms with Gasteiger partial charge in [-0.1, -0.05) is 23.9 Å². The van der Waals surface area contributed by atoms with Crippen molar-refractivity contribution in [1.29, 1.82) is 0 Å². The summed E-state index contributed by atoms with van der Waals surface area (Å²) in [6.45, 7) is 3.42. The molecule has 0 N–H and O–H groups in total. The van der Waals surface area contributed by atoms with Crippen molar-refractivity contribution in [2.24, 2.45) is 0 Å². The van der Waals surface area contributed by atoms with E-state index in [0.29, 0.717) is 11.7 Å². The Morgan fingerprint density at radius 1 is 1.46 bits per heavy atom. The maximum atomic E-state index is 12.7. The Kier molecular flexibility index (Phi) is 5.88. The number of nitrogens with zero attached hydrogens (tertiary/aromatic N) is 6. The number of amides is 1. The molecule has 1 aromatic carbocycles. The zero-order valence-corrected chi connectivity index (χ0v) is 17.4. The summed E-state index contributed by atoms with van der Waals surface area (Å²) in [5.41, 5.74) is 0.970. The third-order valence-corrected chi connectivity index (χ3v) is 7.02. The lowest BCUT2D eigenvalue weighted by Crippen LogP contribution is -2.31. The fourth-order valence-corrected chi connectivity index (χ4v) is 4.95. The van der Waals surface area contributed by atoms with E-state index in [2.05, 4.69) is 26.6 Å². The van der Waals surface area contributed by atoms with E-state index >= 15 is 0 Å². The number of para-hydroxylation sites is 1. The van der Waals surface area contributed by atoms with E-state index in [4.69, 9.17) is 4.74 Å². The molecule has 3 heterocycles. The minimum atomic E-state index is -0.0895. The summed E-state index contributed by atoms with van der Waals surface area (Å²) in [5, 5.41) is 13.4. The number of fused-ring (bicyclic) bond motifs is 1. The summed E-state index contributed by atoms with van der Waals surface area (Å²) < 4.78 is 8.50. The quantitative estimate of drug-likeness (QED) is 0.545. The number of benzene rings is 1. The largest absolute Gasteiger partial charge is 0.376 e. The molecule has 2 atom stereocenters. The standard InChI is InChI=1S/C18H22N6O2S2/c1-12(17-19-14-7-3-4-8-15(14)28-17)23(2)16(25)11-27-18-20-21-22-24(18)10-13-6-5-9-26-13/h3-4,7-8,12-13H,5-6,9-11H2,1-2H3/t12-,13-/m1/s1. The lowest BCUT2D eigenvalue weighted by molar-refractivity contribution is -0.128. The molecular formula is C18H22N6O2S2. The van der Waals surface area contributed by atoms with Crippen LogP contribution in [0.15, 0.2) is 29.4 Å². The number of tetrazole rings is 1. The van der Waals surface area contributed by atoms with Gasteiger partial charge >= 0.3 is 0 Å². The van der Waals surface area contributed by atoms with Crippen LogP contribution >= 0.6 is 23.1 Å². The SMILES string of the molecule is C[C@H](c1nc2ccccc2s1)N(C)C(=O)CSc1nnnn1C[C@H]1CCCO1. The maximum Gasteiger partial charge on any atom is 0.233 e. The van der Waals surface area contributed by atoms with Gasteiger partial charge in [0.25, 0.3) is 0 Å². The van der Waals surface area contributed by atoms with Crippen molar-refractivity contribution in [3.8, 4) is 0 Å². The summed E-state index contributed by atoms with van der Waals surface area (Å²) in [6.07, 6.45) is 2.24. The van der Waals surface area contributed by atoms with Crippen molar-refractivity contribution in [2.75, 3.05) is 19.4 Å². The van der Waals surface area contributed by atoms with Crippen LogP contribution in [0, 0.1) is 0 Å². The molecule has 8 nitrogen and oxygen atoms in total. The van der Waals surface area contributed by atoms with E-state index in [0.717, 1.165) is 34.7 Å². The number of carbonyl (C=O) groups is 1. The fourth-order valence-electron chi connectivity index (χ4n) is 3.07. The molecule has 0 radical (unpaired) electrons. The molecule has 1 fully saturated rings. The zero-order chi connectivity index (χ0) is 19.5. The smallest absolute Gasteiger partial charge is 0.233 e. The minimum absolute atomic E-state index is 0.0171. The van der Waals surface area contributed by atoms with E-state index < -0.39 is 0 Å². The van der Waals surface area contributed by atoms with Crippen LogP contribution in [0.25, 0.3) is 10.2 Å². The molecule has 2 aromatic heterocycles. The van der Waals surface area contributed by atoms with Crippen LogP contribution < -0.4 is 0 Å². The summed E-state index contributed by atoms with van der Waals surface area (Å²) in [6, 6.07) is 7.93. The molecule has 1 amide bonds. The van der Waals surface area contributed by atoms with Crippen molar-refractivity contribution < 1.29 is 9.53 Å². The van der Waals surface area contributed by atoms with Crippen LogP contribution in [0.5, 0.6) is 0 Å². The van der Waals surface area contributed by atoms with Crippen LogP contribution in [-0.2, 0) is 16.1 Å². The third kappa shape index (κ3) is 4.18. The van der Waals surface area contributed by atoms with Gasteiger partial charge in [-0.15, -0.1) is 16.4 Å². The monoisotopic (exact) mass is 418 g/mol. The first kappa shape index (κ1) is 19.3. The highest BCUT2D eigenvalue weighted by Crippen LogP contribution is 2.29. The number of aromatic nitrogens is 5. The zero-order valence-electron chi connectivity index (χ0n) is 15.8. The van der Waals surface area contributed by atoms with Gasteiger partial charge in [0.05, 0.1) is 34.7 Å². The highest BCUT2D eigenvalue weighted by Gasteiger charge is 2.23. The van der Waals surface area contributed by atoms with Crippen molar-refractivity contribution in [3.63, 3.8) is 0 Å². The summed E-state index contributed by atoms with van der Waals surface area (Å²) in [7, 11) is 1.81. The average Bonchev–Trinajstić information content (AvgIpc) is 3.46. The van der Waals surface area contributed by atoms with Crippen LogP contribution in [0.1, 0.15) is 30.8 Å². The molecule has 0 aliphatic carbocycles. The first-order valence-corrected chi connectivity index (χ1v) is 11.0. The molecular weight excluding hydrogens is 396 g/mol. The van der Waals surface area contributed by atoms with Gasteiger partial charge in [0, 0.05) is 13.7 Å². The molecule has 0 spiro atoms. The predicted molar refractivity (Wildman–Crippen MR) is 108 cm³/mol. The number of hydrogen-bond donors (Lipinski definition) is 0. The number of thioether (sulfide) groups is 1. The van der Waals surface area contributed by atoms with E-state index in [1.807, 2.05) is 32.2 Å². The Labute approximate surface area is 171 Å². The lowest BCUT2D eigenvalue weighted by Gasteiger charge is -2.23. The van der Waals surface area contributed by atoms with E-state index in [9.17, 15) is 4.79 Å². The number of thiazole rings is 1.